The molecule has 108 valence electrons. The highest BCUT2D eigenvalue weighted by Crippen LogP contribution is 2.27. The van der Waals surface area contributed by atoms with Crippen LogP contribution in [0.25, 0.3) is 0 Å². The number of halogens is 2. The normalized spacial score (nSPS) is 14.4. The van der Waals surface area contributed by atoms with Crippen LogP contribution in [0.15, 0.2) is 17.0 Å². The molecule has 1 atom stereocenters. The Morgan fingerprint density at radius 3 is 2.37 bits per heavy atom. The van der Waals surface area contributed by atoms with Crippen LogP contribution in [0.2, 0.25) is 5.02 Å². The molecule has 1 aromatic rings. The maximum absolute atomic E-state index is 13.8. The van der Waals surface area contributed by atoms with Crippen molar-refractivity contribution in [3.8, 4) is 0 Å². The lowest BCUT2D eigenvalue weighted by Gasteiger charge is -2.27. The molecule has 0 aliphatic carbocycles. The predicted molar refractivity (Wildman–Crippen MR) is 75.1 cm³/mol. The zero-order chi connectivity index (χ0) is 15.0. The number of sulfonamides is 1. The lowest BCUT2D eigenvalue weighted by molar-refractivity contribution is 0.317. The summed E-state index contributed by atoms with van der Waals surface area (Å²) in [6.07, 6.45) is 0. The van der Waals surface area contributed by atoms with Crippen molar-refractivity contribution in [3.05, 3.63) is 23.0 Å². The zero-order valence-electron chi connectivity index (χ0n) is 11.3. The molecule has 0 spiro atoms. The number of rotatable bonds is 3. The van der Waals surface area contributed by atoms with Crippen LogP contribution in [0.4, 0.5) is 10.1 Å². The Bertz CT molecular complexity index is 582. The van der Waals surface area contributed by atoms with E-state index in [-0.39, 0.29) is 22.2 Å². The molecule has 0 aliphatic rings. The molecule has 0 saturated carbocycles. The fourth-order valence-electron chi connectivity index (χ4n) is 1.25. The second-order valence-corrected chi connectivity index (χ2v) is 7.63. The van der Waals surface area contributed by atoms with E-state index in [1.807, 2.05) is 20.8 Å². The highest BCUT2D eigenvalue weighted by molar-refractivity contribution is 7.89. The lowest BCUT2D eigenvalue weighted by Crippen LogP contribution is -2.41. The summed E-state index contributed by atoms with van der Waals surface area (Å²) in [6.45, 7) is 7.35. The van der Waals surface area contributed by atoms with Crippen molar-refractivity contribution in [1.29, 1.82) is 0 Å². The Labute approximate surface area is 118 Å². The molecule has 0 aromatic heterocycles. The molecule has 1 rings (SSSR count). The van der Waals surface area contributed by atoms with Crippen LogP contribution in [-0.2, 0) is 10.0 Å². The predicted octanol–water partition coefficient (Wildman–Crippen LogP) is 2.77. The van der Waals surface area contributed by atoms with Crippen LogP contribution in [-0.4, -0.2) is 14.5 Å². The maximum atomic E-state index is 13.8. The molecule has 0 aliphatic heterocycles. The minimum Gasteiger partial charge on any atom is -0.396 e. The first kappa shape index (κ1) is 16.2. The van der Waals surface area contributed by atoms with Crippen LogP contribution in [0, 0.1) is 11.2 Å². The number of nitrogens with two attached hydrogens (primary N) is 1. The van der Waals surface area contributed by atoms with Crippen molar-refractivity contribution in [1.82, 2.24) is 4.72 Å². The third-order valence-electron chi connectivity index (χ3n) is 2.95. The number of benzene rings is 1. The second kappa shape index (κ2) is 5.26. The van der Waals surface area contributed by atoms with Gasteiger partial charge in [0.05, 0.1) is 5.69 Å². The first-order valence-electron chi connectivity index (χ1n) is 5.72. The number of hydrogen-bond donors (Lipinski definition) is 2. The first-order chi connectivity index (χ1) is 8.45. The van der Waals surface area contributed by atoms with Crippen molar-refractivity contribution in [2.45, 2.75) is 38.6 Å². The van der Waals surface area contributed by atoms with Crippen molar-refractivity contribution < 1.29 is 12.8 Å². The highest BCUT2D eigenvalue weighted by atomic mass is 35.5. The van der Waals surface area contributed by atoms with Gasteiger partial charge in [0, 0.05) is 11.1 Å². The minimum absolute atomic E-state index is 0.0719. The van der Waals surface area contributed by atoms with E-state index in [9.17, 15) is 12.8 Å². The minimum atomic E-state index is -4.01. The molecular weight excluding hydrogens is 291 g/mol. The molecule has 1 aromatic carbocycles. The van der Waals surface area contributed by atoms with Gasteiger partial charge in [-0.15, -0.1) is 0 Å². The topological polar surface area (TPSA) is 72.2 Å². The molecule has 0 bridgehead atoms. The molecule has 7 heteroatoms. The van der Waals surface area contributed by atoms with Crippen molar-refractivity contribution in [2.24, 2.45) is 5.41 Å². The van der Waals surface area contributed by atoms with Gasteiger partial charge in [-0.2, -0.15) is 0 Å². The smallest absolute Gasteiger partial charge is 0.243 e. The summed E-state index contributed by atoms with van der Waals surface area (Å²) < 4.78 is 40.5. The van der Waals surface area contributed by atoms with E-state index in [2.05, 4.69) is 4.72 Å². The van der Waals surface area contributed by atoms with E-state index in [4.69, 9.17) is 17.3 Å². The van der Waals surface area contributed by atoms with Crippen molar-refractivity contribution >= 4 is 27.3 Å². The molecule has 0 radical (unpaired) electrons. The van der Waals surface area contributed by atoms with Gasteiger partial charge >= 0.3 is 0 Å². The summed E-state index contributed by atoms with van der Waals surface area (Å²) in [5.74, 6) is -0.988. The summed E-state index contributed by atoms with van der Waals surface area (Å²) >= 11 is 5.72. The Kier molecular flexibility index (Phi) is 4.49. The van der Waals surface area contributed by atoms with Gasteiger partial charge in [-0.05, 0) is 24.5 Å². The summed E-state index contributed by atoms with van der Waals surface area (Å²) in [6, 6.07) is 1.84. The van der Waals surface area contributed by atoms with Gasteiger partial charge in [-0.3, -0.25) is 0 Å². The van der Waals surface area contributed by atoms with E-state index in [1.165, 1.54) is 6.07 Å². The fraction of sp³-hybridized carbons (Fsp3) is 0.500. The van der Waals surface area contributed by atoms with Crippen LogP contribution in [0.5, 0.6) is 0 Å². The van der Waals surface area contributed by atoms with E-state index in [1.54, 1.807) is 6.92 Å². The Balaban J connectivity index is 3.22. The number of hydrogen-bond acceptors (Lipinski definition) is 3. The van der Waals surface area contributed by atoms with E-state index < -0.39 is 20.7 Å². The molecule has 19 heavy (non-hydrogen) atoms. The number of anilines is 1. The molecule has 0 amide bonds. The van der Waals surface area contributed by atoms with Crippen LogP contribution < -0.4 is 10.5 Å². The van der Waals surface area contributed by atoms with E-state index in [0.29, 0.717) is 0 Å². The molecule has 0 fully saturated rings. The van der Waals surface area contributed by atoms with Gasteiger partial charge in [0.15, 0.2) is 5.82 Å². The molecule has 3 N–H and O–H groups in total. The fourth-order valence-corrected chi connectivity index (χ4v) is 3.13. The first-order valence-corrected chi connectivity index (χ1v) is 7.58. The number of nitrogens with one attached hydrogen (secondary N) is 1. The van der Waals surface area contributed by atoms with Gasteiger partial charge in [0.2, 0.25) is 10.0 Å². The van der Waals surface area contributed by atoms with E-state index >= 15 is 0 Å². The molecule has 0 heterocycles. The monoisotopic (exact) mass is 308 g/mol. The third-order valence-corrected chi connectivity index (χ3v) is 4.71. The number of nitrogen functional groups attached to an aromatic ring is 1. The summed E-state index contributed by atoms with van der Waals surface area (Å²) in [4.78, 5) is -0.534. The quantitative estimate of drug-likeness (QED) is 0.843. The highest BCUT2D eigenvalue weighted by Gasteiger charge is 2.28. The van der Waals surface area contributed by atoms with Gasteiger partial charge in [0.1, 0.15) is 4.90 Å². The van der Waals surface area contributed by atoms with Crippen LogP contribution >= 0.6 is 11.6 Å². The van der Waals surface area contributed by atoms with Gasteiger partial charge in [-0.1, -0.05) is 32.4 Å². The molecule has 1 unspecified atom stereocenters. The molecule has 0 saturated heterocycles. The summed E-state index contributed by atoms with van der Waals surface area (Å²) in [5.41, 5.74) is 4.79. The van der Waals surface area contributed by atoms with Crippen LogP contribution in [0.3, 0.4) is 0 Å². The average Bonchev–Trinajstić information content (AvgIpc) is 2.21. The van der Waals surface area contributed by atoms with Gasteiger partial charge < -0.3 is 5.73 Å². The Morgan fingerprint density at radius 1 is 1.37 bits per heavy atom. The maximum Gasteiger partial charge on any atom is 0.243 e. The van der Waals surface area contributed by atoms with Crippen molar-refractivity contribution in [3.63, 3.8) is 0 Å². The van der Waals surface area contributed by atoms with Gasteiger partial charge in [-0.25, -0.2) is 17.5 Å². The average molecular weight is 309 g/mol. The third kappa shape index (κ3) is 3.81. The van der Waals surface area contributed by atoms with Gasteiger partial charge in [0.25, 0.3) is 0 Å². The molecular formula is C12H18ClFN2O2S. The summed E-state index contributed by atoms with van der Waals surface area (Å²) in [7, 11) is -4.01. The zero-order valence-corrected chi connectivity index (χ0v) is 12.9. The van der Waals surface area contributed by atoms with E-state index in [0.717, 1.165) is 6.07 Å². The Morgan fingerprint density at radius 2 is 1.89 bits per heavy atom. The second-order valence-electron chi connectivity index (χ2n) is 5.52. The van der Waals surface area contributed by atoms with Crippen molar-refractivity contribution in [2.75, 3.05) is 5.73 Å². The summed E-state index contributed by atoms with van der Waals surface area (Å²) in [5, 5.41) is 0.0719. The molecule has 4 nitrogen and oxygen atoms in total. The SMILES string of the molecule is CC(NS(=O)(=O)c1cc(Cl)cc(N)c1F)C(C)(C)C. The lowest BCUT2D eigenvalue weighted by atomic mass is 9.89. The van der Waals surface area contributed by atoms with Crippen LogP contribution in [0.1, 0.15) is 27.7 Å². The largest absolute Gasteiger partial charge is 0.396 e. The standard InChI is InChI=1S/C12H18ClFN2O2S/c1-7(12(2,3)4)16-19(17,18)10-6-8(13)5-9(15)11(10)14/h5-7,16H,15H2,1-4H3. The Hall–Kier alpha value is -0.850.